The fraction of sp³-hybridized carbons (Fsp3) is 0.190. The summed E-state index contributed by atoms with van der Waals surface area (Å²) >= 11 is 1.34. The van der Waals surface area contributed by atoms with Gasteiger partial charge in [-0.25, -0.2) is 4.98 Å². The number of imide groups is 1. The minimum absolute atomic E-state index is 0.175. The molecule has 0 unspecified atom stereocenters. The van der Waals surface area contributed by atoms with Gasteiger partial charge in [-0.1, -0.05) is 36.4 Å². The van der Waals surface area contributed by atoms with Crippen molar-refractivity contribution in [1.82, 2.24) is 9.88 Å². The number of ketones is 1. The lowest BCUT2D eigenvalue weighted by Gasteiger charge is -2.14. The molecule has 138 valence electrons. The van der Waals surface area contributed by atoms with Gasteiger partial charge >= 0.3 is 0 Å². The second kappa shape index (κ2) is 7.33. The maximum atomic E-state index is 12.8. The molecule has 0 radical (unpaired) electrons. The molecular weight excluding hydrogens is 374 g/mol. The average Bonchev–Trinajstić information content (AvgIpc) is 3.27. The van der Waals surface area contributed by atoms with Gasteiger partial charge < -0.3 is 0 Å². The number of amides is 2. The molecule has 1 fully saturated rings. The number of aromatic nitrogens is 1. The van der Waals surface area contributed by atoms with Crippen LogP contribution < -0.4 is 0 Å². The van der Waals surface area contributed by atoms with Crippen molar-refractivity contribution in [1.29, 1.82) is 5.26 Å². The van der Waals surface area contributed by atoms with E-state index in [1.807, 2.05) is 24.3 Å². The number of hydrogen-bond donors (Lipinski definition) is 0. The number of fused-ring (bicyclic) bond motifs is 1. The molecule has 2 aromatic carbocycles. The van der Waals surface area contributed by atoms with E-state index in [9.17, 15) is 19.6 Å². The fourth-order valence-electron chi connectivity index (χ4n) is 3.16. The Kier molecular flexibility index (Phi) is 4.72. The van der Waals surface area contributed by atoms with Crippen molar-refractivity contribution in [2.75, 3.05) is 0 Å². The van der Waals surface area contributed by atoms with E-state index in [0.29, 0.717) is 10.6 Å². The number of carbonyl (C=O) groups is 3. The highest BCUT2D eigenvalue weighted by Gasteiger charge is 2.29. The van der Waals surface area contributed by atoms with E-state index >= 15 is 0 Å². The van der Waals surface area contributed by atoms with Crippen LogP contribution in [-0.4, -0.2) is 27.5 Å². The van der Waals surface area contributed by atoms with Gasteiger partial charge in [0.05, 0.1) is 22.8 Å². The molecule has 1 saturated heterocycles. The molecule has 1 aliphatic rings. The minimum Gasteiger partial charge on any atom is -0.292 e. The van der Waals surface area contributed by atoms with Gasteiger partial charge in [-0.2, -0.15) is 5.26 Å². The molecule has 6 nitrogen and oxygen atoms in total. The highest BCUT2D eigenvalue weighted by molar-refractivity contribution is 7.18. The van der Waals surface area contributed by atoms with Crippen molar-refractivity contribution in [2.24, 2.45) is 0 Å². The number of nitriles is 1. The summed E-state index contributed by atoms with van der Waals surface area (Å²) in [7, 11) is 0. The first kappa shape index (κ1) is 18.0. The molecule has 1 aromatic heterocycles. The Labute approximate surface area is 165 Å². The van der Waals surface area contributed by atoms with Gasteiger partial charge in [0.25, 0.3) is 0 Å². The molecule has 1 atom stereocenters. The van der Waals surface area contributed by atoms with Crippen LogP contribution in [0.3, 0.4) is 0 Å². The third-order valence-electron chi connectivity index (χ3n) is 4.68. The SMILES string of the molecule is N#C[C@@H](C(=O)c1ccc(CN2C(=O)CCC2=O)cc1)c1nc2ccccc2s1. The molecule has 0 N–H and O–H groups in total. The Balaban J connectivity index is 1.54. The van der Waals surface area contributed by atoms with Crippen molar-refractivity contribution in [3.8, 4) is 6.07 Å². The van der Waals surface area contributed by atoms with Crippen LogP contribution >= 0.6 is 11.3 Å². The number of rotatable bonds is 5. The molecule has 0 aliphatic carbocycles. The quantitative estimate of drug-likeness (QED) is 0.492. The lowest BCUT2D eigenvalue weighted by atomic mass is 9.98. The van der Waals surface area contributed by atoms with E-state index in [1.165, 1.54) is 16.2 Å². The first-order chi connectivity index (χ1) is 13.6. The van der Waals surface area contributed by atoms with Gasteiger partial charge in [0.15, 0.2) is 11.7 Å². The molecule has 1 aliphatic heterocycles. The Morgan fingerprint density at radius 2 is 1.79 bits per heavy atom. The molecule has 28 heavy (non-hydrogen) atoms. The van der Waals surface area contributed by atoms with Crippen molar-refractivity contribution < 1.29 is 14.4 Å². The monoisotopic (exact) mass is 389 g/mol. The van der Waals surface area contributed by atoms with E-state index in [0.717, 1.165) is 15.8 Å². The maximum absolute atomic E-state index is 12.8. The van der Waals surface area contributed by atoms with Crippen molar-refractivity contribution in [3.05, 3.63) is 64.7 Å². The summed E-state index contributed by atoms with van der Waals surface area (Å²) in [5.41, 5.74) is 1.92. The second-order valence-electron chi connectivity index (χ2n) is 6.52. The molecule has 3 aromatic rings. The van der Waals surface area contributed by atoms with Gasteiger partial charge in [-0.15, -0.1) is 11.3 Å². The normalized spacial score (nSPS) is 15.0. The molecule has 0 bridgehead atoms. The van der Waals surface area contributed by atoms with E-state index < -0.39 is 5.92 Å². The summed E-state index contributed by atoms with van der Waals surface area (Å²) in [4.78, 5) is 42.0. The van der Waals surface area contributed by atoms with Crippen LogP contribution in [0, 0.1) is 11.3 Å². The summed E-state index contributed by atoms with van der Waals surface area (Å²) in [6.07, 6.45) is 0.503. The summed E-state index contributed by atoms with van der Waals surface area (Å²) in [5, 5.41) is 10.0. The van der Waals surface area contributed by atoms with E-state index in [-0.39, 0.29) is 37.0 Å². The Bertz CT molecular complexity index is 1080. The first-order valence-corrected chi connectivity index (χ1v) is 9.60. The fourth-order valence-corrected chi connectivity index (χ4v) is 4.17. The first-order valence-electron chi connectivity index (χ1n) is 8.78. The number of Topliss-reactive ketones (excluding diaryl/α,β-unsaturated/α-hetero) is 1. The van der Waals surface area contributed by atoms with Gasteiger partial charge in [-0.3, -0.25) is 19.3 Å². The van der Waals surface area contributed by atoms with Crippen LogP contribution in [0.5, 0.6) is 0 Å². The summed E-state index contributed by atoms with van der Waals surface area (Å²) < 4.78 is 0.931. The van der Waals surface area contributed by atoms with Crippen LogP contribution in [0.1, 0.15) is 39.7 Å². The number of carbonyl (C=O) groups excluding carboxylic acids is 3. The molecule has 0 saturated carbocycles. The Morgan fingerprint density at radius 3 is 2.43 bits per heavy atom. The highest BCUT2D eigenvalue weighted by Crippen LogP contribution is 2.29. The molecule has 4 rings (SSSR count). The zero-order valence-corrected chi connectivity index (χ0v) is 15.6. The van der Waals surface area contributed by atoms with Crippen molar-refractivity contribution in [3.63, 3.8) is 0 Å². The summed E-state index contributed by atoms with van der Waals surface area (Å²) in [5.74, 6) is -1.64. The zero-order chi connectivity index (χ0) is 19.7. The van der Waals surface area contributed by atoms with Crippen molar-refractivity contribution >= 4 is 39.2 Å². The molecule has 7 heteroatoms. The predicted molar refractivity (Wildman–Crippen MR) is 104 cm³/mol. The van der Waals surface area contributed by atoms with Gasteiger partial charge in [0.1, 0.15) is 5.01 Å². The molecule has 0 spiro atoms. The van der Waals surface area contributed by atoms with Gasteiger partial charge in [0, 0.05) is 18.4 Å². The van der Waals surface area contributed by atoms with Crippen LogP contribution in [0.2, 0.25) is 0 Å². The number of nitrogens with zero attached hydrogens (tertiary/aromatic N) is 3. The second-order valence-corrected chi connectivity index (χ2v) is 7.58. The van der Waals surface area contributed by atoms with E-state index in [2.05, 4.69) is 11.1 Å². The van der Waals surface area contributed by atoms with Crippen LogP contribution in [0.15, 0.2) is 48.5 Å². The molecule has 2 amide bonds. The number of para-hydroxylation sites is 1. The zero-order valence-electron chi connectivity index (χ0n) is 14.8. The summed E-state index contributed by atoms with van der Waals surface area (Å²) in [6, 6.07) is 16.2. The Hall–Kier alpha value is -3.37. The molecular formula is C21H15N3O3S. The number of thiazole rings is 1. The van der Waals surface area contributed by atoms with Crippen molar-refractivity contribution in [2.45, 2.75) is 25.3 Å². The lowest BCUT2D eigenvalue weighted by molar-refractivity contribution is -0.139. The highest BCUT2D eigenvalue weighted by atomic mass is 32.1. The summed E-state index contributed by atoms with van der Waals surface area (Å²) in [6.45, 7) is 0.200. The average molecular weight is 389 g/mol. The topological polar surface area (TPSA) is 91.1 Å². The predicted octanol–water partition coefficient (Wildman–Crippen LogP) is 3.44. The lowest BCUT2D eigenvalue weighted by Crippen LogP contribution is -2.28. The third-order valence-corrected chi connectivity index (χ3v) is 5.78. The van der Waals surface area contributed by atoms with E-state index in [4.69, 9.17) is 0 Å². The van der Waals surface area contributed by atoms with Crippen LogP contribution in [0.4, 0.5) is 0 Å². The molecule has 2 heterocycles. The number of benzene rings is 2. The standard InChI is InChI=1S/C21H15N3O3S/c22-11-15(21-23-16-3-1-2-4-17(16)28-21)20(27)14-7-5-13(6-8-14)12-24-18(25)9-10-19(24)26/h1-8,15H,9-10,12H2/t15-/m0/s1. The Morgan fingerprint density at radius 1 is 1.11 bits per heavy atom. The largest absolute Gasteiger partial charge is 0.292 e. The minimum atomic E-state index is -0.968. The van der Waals surface area contributed by atoms with Crippen LogP contribution in [0.25, 0.3) is 10.2 Å². The van der Waals surface area contributed by atoms with Gasteiger partial charge in [0.2, 0.25) is 11.8 Å². The maximum Gasteiger partial charge on any atom is 0.229 e. The van der Waals surface area contributed by atoms with E-state index in [1.54, 1.807) is 24.3 Å². The third kappa shape index (κ3) is 3.30. The van der Waals surface area contributed by atoms with Crippen LogP contribution in [-0.2, 0) is 16.1 Å². The number of likely N-dealkylation sites (tertiary alicyclic amines) is 1. The smallest absolute Gasteiger partial charge is 0.229 e. The number of hydrogen-bond acceptors (Lipinski definition) is 6. The van der Waals surface area contributed by atoms with Gasteiger partial charge in [-0.05, 0) is 17.7 Å².